The zero-order chi connectivity index (χ0) is 18.4. The van der Waals surface area contributed by atoms with E-state index in [1.807, 2.05) is 18.5 Å². The van der Waals surface area contributed by atoms with Gasteiger partial charge in [-0.1, -0.05) is 51.1 Å². The fraction of sp³-hybridized carbons (Fsp3) is 0.318. The molecule has 0 aliphatic carbocycles. The fourth-order valence-corrected chi connectivity index (χ4v) is 6.84. The standard InChI is InChI=1S/C22H27NOSSi/c1-4-26(5-2,6-3)24-22(19-12-13-25-17-19)21-14-20(15-23-16-21)18-10-8-7-9-11-18/h7-17,22H,4-6H2,1-3H3. The zero-order valence-electron chi connectivity index (χ0n) is 15.8. The minimum atomic E-state index is -1.74. The first-order chi connectivity index (χ1) is 12.7. The molecular formula is C22H27NOSSi. The molecule has 1 aromatic carbocycles. The van der Waals surface area contributed by atoms with Crippen molar-refractivity contribution in [2.24, 2.45) is 0 Å². The molecule has 2 heterocycles. The third-order valence-electron chi connectivity index (χ3n) is 5.32. The number of pyridine rings is 1. The summed E-state index contributed by atoms with van der Waals surface area (Å²) < 4.78 is 6.91. The summed E-state index contributed by atoms with van der Waals surface area (Å²) in [5, 5.41) is 4.34. The smallest absolute Gasteiger partial charge is 0.193 e. The quantitative estimate of drug-likeness (QED) is 0.395. The van der Waals surface area contributed by atoms with Gasteiger partial charge in [-0.3, -0.25) is 4.98 Å². The van der Waals surface area contributed by atoms with Crippen LogP contribution in [0.3, 0.4) is 0 Å². The Morgan fingerprint density at radius 2 is 1.65 bits per heavy atom. The van der Waals surface area contributed by atoms with E-state index in [0.717, 1.165) is 29.3 Å². The SMILES string of the molecule is CC[Si](CC)(CC)OC(c1ccsc1)c1cncc(-c2ccccc2)c1. The van der Waals surface area contributed by atoms with Crippen molar-refractivity contribution in [3.8, 4) is 11.1 Å². The van der Waals surface area contributed by atoms with Gasteiger partial charge < -0.3 is 4.43 Å². The zero-order valence-corrected chi connectivity index (χ0v) is 17.6. The van der Waals surface area contributed by atoms with E-state index in [1.54, 1.807) is 11.3 Å². The van der Waals surface area contributed by atoms with Crippen molar-refractivity contribution in [1.29, 1.82) is 0 Å². The largest absolute Gasteiger partial charge is 0.406 e. The highest BCUT2D eigenvalue weighted by Crippen LogP contribution is 2.36. The Kier molecular flexibility index (Phi) is 6.41. The van der Waals surface area contributed by atoms with Gasteiger partial charge in [0, 0.05) is 23.5 Å². The molecule has 0 spiro atoms. The van der Waals surface area contributed by atoms with E-state index < -0.39 is 8.32 Å². The molecule has 0 radical (unpaired) electrons. The maximum absolute atomic E-state index is 6.91. The van der Waals surface area contributed by atoms with Crippen molar-refractivity contribution in [3.05, 3.63) is 76.7 Å². The lowest BCUT2D eigenvalue weighted by Crippen LogP contribution is -2.37. The van der Waals surface area contributed by atoms with E-state index in [-0.39, 0.29) is 6.10 Å². The molecule has 2 nitrogen and oxygen atoms in total. The number of rotatable bonds is 8. The predicted octanol–water partition coefficient (Wildman–Crippen LogP) is 6.92. The van der Waals surface area contributed by atoms with Crippen LogP contribution in [0.25, 0.3) is 11.1 Å². The number of hydrogen-bond acceptors (Lipinski definition) is 3. The first kappa shape index (κ1) is 19.0. The maximum atomic E-state index is 6.91. The summed E-state index contributed by atoms with van der Waals surface area (Å²) >= 11 is 1.73. The third kappa shape index (κ3) is 4.14. The lowest BCUT2D eigenvalue weighted by atomic mass is 10.0. The molecule has 3 aromatic rings. The van der Waals surface area contributed by atoms with Gasteiger partial charge in [-0.15, -0.1) is 0 Å². The molecule has 0 saturated carbocycles. The lowest BCUT2D eigenvalue weighted by Gasteiger charge is -2.33. The van der Waals surface area contributed by atoms with Crippen molar-refractivity contribution >= 4 is 19.7 Å². The molecule has 0 fully saturated rings. The molecule has 3 rings (SSSR count). The number of aromatic nitrogens is 1. The van der Waals surface area contributed by atoms with Crippen LogP contribution in [0.15, 0.2) is 65.6 Å². The molecule has 0 N–H and O–H groups in total. The number of nitrogens with zero attached hydrogens (tertiary/aromatic N) is 1. The Hall–Kier alpha value is -1.75. The van der Waals surface area contributed by atoms with E-state index in [1.165, 1.54) is 11.1 Å². The molecular weight excluding hydrogens is 354 g/mol. The number of benzene rings is 1. The van der Waals surface area contributed by atoms with Gasteiger partial charge >= 0.3 is 0 Å². The highest BCUT2D eigenvalue weighted by atomic mass is 32.1. The molecule has 0 aliphatic heterocycles. The first-order valence-electron chi connectivity index (χ1n) is 9.41. The van der Waals surface area contributed by atoms with E-state index in [4.69, 9.17) is 4.43 Å². The van der Waals surface area contributed by atoms with Gasteiger partial charge in [0.1, 0.15) is 0 Å². The summed E-state index contributed by atoms with van der Waals surface area (Å²) in [6, 6.07) is 18.3. The van der Waals surface area contributed by atoms with E-state index in [2.05, 4.69) is 72.9 Å². The van der Waals surface area contributed by atoms with Gasteiger partial charge in [-0.2, -0.15) is 11.3 Å². The van der Waals surface area contributed by atoms with Crippen LogP contribution in [-0.2, 0) is 4.43 Å². The highest BCUT2D eigenvalue weighted by molar-refractivity contribution is 7.08. The molecule has 136 valence electrons. The van der Waals surface area contributed by atoms with Crippen LogP contribution in [-0.4, -0.2) is 13.3 Å². The molecule has 2 aromatic heterocycles. The summed E-state index contributed by atoms with van der Waals surface area (Å²) in [4.78, 5) is 4.54. The second-order valence-corrected chi connectivity index (χ2v) is 12.2. The average molecular weight is 382 g/mol. The van der Waals surface area contributed by atoms with E-state index >= 15 is 0 Å². The monoisotopic (exact) mass is 381 g/mol. The van der Waals surface area contributed by atoms with Crippen molar-refractivity contribution in [3.63, 3.8) is 0 Å². The summed E-state index contributed by atoms with van der Waals surface area (Å²) in [5.41, 5.74) is 4.73. The molecule has 0 bridgehead atoms. The number of thiophene rings is 1. The summed E-state index contributed by atoms with van der Waals surface area (Å²) in [6.45, 7) is 6.84. The lowest BCUT2D eigenvalue weighted by molar-refractivity contribution is 0.230. The highest BCUT2D eigenvalue weighted by Gasteiger charge is 2.33. The maximum Gasteiger partial charge on any atom is 0.193 e. The first-order valence-corrected chi connectivity index (χ1v) is 12.9. The molecule has 1 atom stereocenters. The van der Waals surface area contributed by atoms with Crippen molar-refractivity contribution < 1.29 is 4.43 Å². The van der Waals surface area contributed by atoms with Crippen LogP contribution >= 0.6 is 11.3 Å². The minimum Gasteiger partial charge on any atom is -0.406 e. The van der Waals surface area contributed by atoms with Gasteiger partial charge in [-0.05, 0) is 52.2 Å². The summed E-state index contributed by atoms with van der Waals surface area (Å²) in [7, 11) is -1.74. The normalized spacial score (nSPS) is 12.9. The van der Waals surface area contributed by atoms with Crippen LogP contribution in [0, 0.1) is 0 Å². The van der Waals surface area contributed by atoms with Crippen molar-refractivity contribution in [2.45, 2.75) is 45.0 Å². The van der Waals surface area contributed by atoms with Crippen LogP contribution in [0.1, 0.15) is 38.0 Å². The topological polar surface area (TPSA) is 22.1 Å². The molecule has 0 saturated heterocycles. The van der Waals surface area contributed by atoms with Gasteiger partial charge in [0.25, 0.3) is 0 Å². The molecule has 0 amide bonds. The second-order valence-electron chi connectivity index (χ2n) is 6.67. The average Bonchev–Trinajstić information content (AvgIpc) is 3.25. The van der Waals surface area contributed by atoms with Gasteiger partial charge in [0.2, 0.25) is 0 Å². The number of hydrogen-bond donors (Lipinski definition) is 0. The van der Waals surface area contributed by atoms with Crippen LogP contribution in [0.4, 0.5) is 0 Å². The Morgan fingerprint density at radius 1 is 0.923 bits per heavy atom. The van der Waals surface area contributed by atoms with Crippen molar-refractivity contribution in [2.75, 3.05) is 0 Å². The summed E-state index contributed by atoms with van der Waals surface area (Å²) in [5.74, 6) is 0. The fourth-order valence-electron chi connectivity index (χ4n) is 3.39. The summed E-state index contributed by atoms with van der Waals surface area (Å²) in [6.07, 6.45) is 3.88. The molecule has 4 heteroatoms. The Bertz CT molecular complexity index is 792. The van der Waals surface area contributed by atoms with Gasteiger partial charge in [-0.25, -0.2) is 0 Å². The van der Waals surface area contributed by atoms with Gasteiger partial charge in [0.15, 0.2) is 8.32 Å². The predicted molar refractivity (Wildman–Crippen MR) is 114 cm³/mol. The van der Waals surface area contributed by atoms with E-state index in [0.29, 0.717) is 0 Å². The Labute approximate surface area is 162 Å². The molecule has 0 aliphatic rings. The van der Waals surface area contributed by atoms with Gasteiger partial charge in [0.05, 0.1) is 6.10 Å². The molecule has 1 unspecified atom stereocenters. The minimum absolute atomic E-state index is 0.0241. The van der Waals surface area contributed by atoms with Crippen LogP contribution in [0.2, 0.25) is 18.1 Å². The van der Waals surface area contributed by atoms with Crippen molar-refractivity contribution in [1.82, 2.24) is 4.98 Å². The van der Waals surface area contributed by atoms with Crippen LogP contribution in [0.5, 0.6) is 0 Å². The Balaban J connectivity index is 2.00. The van der Waals surface area contributed by atoms with Crippen LogP contribution < -0.4 is 0 Å². The Morgan fingerprint density at radius 3 is 2.27 bits per heavy atom. The molecule has 26 heavy (non-hydrogen) atoms. The van der Waals surface area contributed by atoms with E-state index in [9.17, 15) is 0 Å². The third-order valence-corrected chi connectivity index (χ3v) is 10.6. The second kappa shape index (κ2) is 8.76.